The molecule has 0 amide bonds. The fourth-order valence-corrected chi connectivity index (χ4v) is 2.29. The third-order valence-electron chi connectivity index (χ3n) is 0.711. The number of rotatable bonds is 2. The van der Waals surface area contributed by atoms with Crippen molar-refractivity contribution in [2.45, 2.75) is 6.92 Å². The van der Waals surface area contributed by atoms with E-state index in [4.69, 9.17) is 11.2 Å². The first kappa shape index (κ1) is 6.56. The van der Waals surface area contributed by atoms with E-state index in [1.165, 1.54) is 0 Å². The Kier molecular flexibility index (Phi) is 2.84. The van der Waals surface area contributed by atoms with Gasteiger partial charge in [0.25, 0.3) is 0 Å². The van der Waals surface area contributed by atoms with E-state index in [0.717, 1.165) is 13.2 Å². The molecule has 0 atom stereocenters. The van der Waals surface area contributed by atoms with E-state index in [0.29, 0.717) is 6.61 Å². The van der Waals surface area contributed by atoms with Crippen LogP contribution in [0.1, 0.15) is 6.92 Å². The zero-order valence-corrected chi connectivity index (χ0v) is 6.67. The molecule has 4 heteroatoms. The van der Waals surface area contributed by atoms with Gasteiger partial charge >= 0.3 is 53.6 Å². The molecule has 1 fully saturated rings. The van der Waals surface area contributed by atoms with Gasteiger partial charge in [-0.15, -0.1) is 0 Å². The Morgan fingerprint density at radius 1 is 1.50 bits per heavy atom. The van der Waals surface area contributed by atoms with Crippen LogP contribution < -0.4 is 0 Å². The molecule has 0 spiro atoms. The molecule has 1 heterocycles. The minimum absolute atomic E-state index is 0.708. The molecular weight excluding hydrogens is 171 g/mol. The van der Waals surface area contributed by atoms with E-state index >= 15 is 0 Å². The monoisotopic (exact) mass is 180 g/mol. The van der Waals surface area contributed by atoms with E-state index in [1.807, 2.05) is 6.92 Å². The zero-order valence-electron chi connectivity index (χ0n) is 4.79. The molecule has 1 aliphatic heterocycles. The van der Waals surface area contributed by atoms with Crippen molar-refractivity contribution in [3.8, 4) is 0 Å². The van der Waals surface area contributed by atoms with Gasteiger partial charge in [-0.05, 0) is 0 Å². The molecule has 0 bridgehead atoms. The van der Waals surface area contributed by atoms with Gasteiger partial charge in [0.2, 0.25) is 0 Å². The molecule has 0 aromatic carbocycles. The van der Waals surface area contributed by atoms with Gasteiger partial charge in [0.1, 0.15) is 0 Å². The van der Waals surface area contributed by atoms with Crippen LogP contribution in [0.4, 0.5) is 0 Å². The predicted octanol–water partition coefficient (Wildman–Crippen LogP) is 0.0546. The molecule has 0 unspecified atom stereocenters. The standard InChI is InChI=1S/C4H9AsO3/c1-2-6-5-7-3-4-8-5/h2-4H2,1H3. The Morgan fingerprint density at radius 3 is 2.62 bits per heavy atom. The Balaban J connectivity index is 2.06. The SMILES string of the molecule is CCO[As]1OCCO1. The van der Waals surface area contributed by atoms with Crippen LogP contribution in [0, 0.1) is 0 Å². The van der Waals surface area contributed by atoms with Gasteiger partial charge in [-0.25, -0.2) is 0 Å². The van der Waals surface area contributed by atoms with Crippen LogP contribution in [0.2, 0.25) is 0 Å². The average molecular weight is 180 g/mol. The van der Waals surface area contributed by atoms with E-state index in [2.05, 4.69) is 0 Å². The van der Waals surface area contributed by atoms with Crippen LogP contribution in [0.3, 0.4) is 0 Å². The van der Waals surface area contributed by atoms with E-state index in [-0.39, 0.29) is 0 Å². The number of hydrogen-bond donors (Lipinski definition) is 0. The summed E-state index contributed by atoms with van der Waals surface area (Å²) in [5.74, 6) is 0. The molecule has 0 N–H and O–H groups in total. The Bertz CT molecular complexity index is 62.3. The fraction of sp³-hybridized carbons (Fsp3) is 1.00. The van der Waals surface area contributed by atoms with Gasteiger partial charge in [-0.2, -0.15) is 0 Å². The van der Waals surface area contributed by atoms with E-state index < -0.39 is 15.7 Å². The molecule has 1 saturated heterocycles. The molecule has 0 aliphatic carbocycles. The molecule has 1 aliphatic rings. The molecule has 3 nitrogen and oxygen atoms in total. The molecule has 8 heavy (non-hydrogen) atoms. The molecule has 0 aromatic heterocycles. The minimum atomic E-state index is -1.64. The van der Waals surface area contributed by atoms with Crippen molar-refractivity contribution in [2.75, 3.05) is 19.8 Å². The van der Waals surface area contributed by atoms with Crippen molar-refractivity contribution < 1.29 is 11.2 Å². The van der Waals surface area contributed by atoms with Gasteiger partial charge in [-0.3, -0.25) is 0 Å². The first-order chi connectivity index (χ1) is 3.93. The molecular formula is C4H9AsO3. The first-order valence-corrected chi connectivity index (χ1v) is 4.92. The Hall–Kier alpha value is 0.438. The summed E-state index contributed by atoms with van der Waals surface area (Å²) >= 11 is -1.64. The maximum atomic E-state index is 5.10. The van der Waals surface area contributed by atoms with Crippen molar-refractivity contribution in [1.29, 1.82) is 0 Å². The van der Waals surface area contributed by atoms with Crippen molar-refractivity contribution >= 4 is 15.7 Å². The van der Waals surface area contributed by atoms with E-state index in [1.54, 1.807) is 0 Å². The summed E-state index contributed by atoms with van der Waals surface area (Å²) in [6, 6.07) is 0. The Labute approximate surface area is 54.2 Å². The van der Waals surface area contributed by atoms with Crippen molar-refractivity contribution in [3.63, 3.8) is 0 Å². The second kappa shape index (κ2) is 3.46. The fourth-order valence-electron chi connectivity index (χ4n) is 0.441. The first-order valence-electron chi connectivity index (χ1n) is 2.62. The van der Waals surface area contributed by atoms with Gasteiger partial charge < -0.3 is 0 Å². The molecule has 48 valence electrons. The molecule has 1 rings (SSSR count). The quantitative estimate of drug-likeness (QED) is 0.562. The molecule has 0 saturated carbocycles. The van der Waals surface area contributed by atoms with Gasteiger partial charge in [0.05, 0.1) is 0 Å². The average Bonchev–Trinajstić information content (AvgIpc) is 2.19. The van der Waals surface area contributed by atoms with Crippen LogP contribution >= 0.6 is 0 Å². The van der Waals surface area contributed by atoms with Gasteiger partial charge in [0.15, 0.2) is 0 Å². The van der Waals surface area contributed by atoms with Crippen LogP contribution in [-0.2, 0) is 11.2 Å². The molecule has 0 radical (unpaired) electrons. The third-order valence-corrected chi connectivity index (χ3v) is 3.35. The Morgan fingerprint density at radius 2 is 2.12 bits per heavy atom. The third kappa shape index (κ3) is 1.75. The van der Waals surface area contributed by atoms with E-state index in [9.17, 15) is 0 Å². The number of hydrogen-bond acceptors (Lipinski definition) is 3. The topological polar surface area (TPSA) is 27.7 Å². The van der Waals surface area contributed by atoms with Crippen LogP contribution in [0.25, 0.3) is 0 Å². The van der Waals surface area contributed by atoms with Crippen LogP contribution in [0.5, 0.6) is 0 Å². The summed E-state index contributed by atoms with van der Waals surface area (Å²) < 4.78 is 15.3. The summed E-state index contributed by atoms with van der Waals surface area (Å²) in [5.41, 5.74) is 0. The van der Waals surface area contributed by atoms with Crippen molar-refractivity contribution in [1.82, 2.24) is 0 Å². The van der Waals surface area contributed by atoms with Gasteiger partial charge in [-0.1, -0.05) is 0 Å². The summed E-state index contributed by atoms with van der Waals surface area (Å²) in [6.07, 6.45) is 0. The second-order valence-electron chi connectivity index (χ2n) is 1.31. The summed E-state index contributed by atoms with van der Waals surface area (Å²) in [5, 5.41) is 0. The summed E-state index contributed by atoms with van der Waals surface area (Å²) in [7, 11) is 0. The zero-order chi connectivity index (χ0) is 5.82. The second-order valence-corrected chi connectivity index (χ2v) is 3.87. The summed E-state index contributed by atoms with van der Waals surface area (Å²) in [4.78, 5) is 0. The van der Waals surface area contributed by atoms with Crippen molar-refractivity contribution in [3.05, 3.63) is 0 Å². The van der Waals surface area contributed by atoms with Crippen LogP contribution in [-0.4, -0.2) is 35.5 Å². The van der Waals surface area contributed by atoms with Gasteiger partial charge in [0, 0.05) is 0 Å². The maximum absolute atomic E-state index is 5.10. The van der Waals surface area contributed by atoms with Crippen molar-refractivity contribution in [2.24, 2.45) is 0 Å². The normalized spacial score (nSPS) is 22.1. The molecule has 0 aromatic rings. The predicted molar refractivity (Wildman–Crippen MR) is 29.3 cm³/mol. The van der Waals surface area contributed by atoms with Crippen LogP contribution in [0.15, 0.2) is 0 Å². The summed E-state index contributed by atoms with van der Waals surface area (Å²) in [6.45, 7) is 4.10.